The number of carbonyl (C=O) groups is 4. The SMILES string of the molecule is C[C@H]1CCCCC/C=C\[C@@H]2C[C@@]2(C(=O)NS(=O)(=O)N(C)C)CC(=O)[C@@H]2C[C@@H](OC(=O)N3Cc4cccc(F)c4C3)CN2C1=O. The molecular formula is C31H41FN4O7S. The molecule has 0 spiro atoms. The summed E-state index contributed by atoms with van der Waals surface area (Å²) in [6.45, 7) is 2.12. The van der Waals surface area contributed by atoms with Gasteiger partial charge in [0.05, 0.1) is 24.5 Å². The molecule has 1 aromatic rings. The van der Waals surface area contributed by atoms with Crippen molar-refractivity contribution < 1.29 is 36.7 Å². The molecule has 2 fully saturated rings. The van der Waals surface area contributed by atoms with Gasteiger partial charge in [0.15, 0.2) is 5.78 Å². The second-order valence-electron chi connectivity index (χ2n) is 12.8. The molecule has 3 aliphatic heterocycles. The van der Waals surface area contributed by atoms with Crippen LogP contribution in [-0.4, -0.2) is 79.0 Å². The number of hydrogen-bond donors (Lipinski definition) is 1. The molecule has 5 atom stereocenters. The third-order valence-corrected chi connectivity index (χ3v) is 10.8. The minimum atomic E-state index is -4.08. The normalized spacial score (nSPS) is 30.1. The second-order valence-corrected chi connectivity index (χ2v) is 14.7. The van der Waals surface area contributed by atoms with E-state index in [4.69, 9.17) is 4.74 Å². The molecule has 5 rings (SSSR count). The number of ketones is 1. The number of carbonyl (C=O) groups excluding carboxylic acids is 4. The molecule has 13 heteroatoms. The van der Waals surface area contributed by atoms with Crippen LogP contribution in [0.1, 0.15) is 69.4 Å². The van der Waals surface area contributed by atoms with E-state index >= 15 is 0 Å². The van der Waals surface area contributed by atoms with E-state index in [-0.39, 0.29) is 61.8 Å². The van der Waals surface area contributed by atoms with Crippen LogP contribution in [-0.2, 0) is 42.4 Å². The average Bonchev–Trinajstić information content (AvgIpc) is 3.28. The highest BCUT2D eigenvalue weighted by Gasteiger charge is 2.61. The van der Waals surface area contributed by atoms with Gasteiger partial charge >= 0.3 is 16.3 Å². The molecule has 0 bridgehead atoms. The second kappa shape index (κ2) is 12.6. The Morgan fingerprint density at radius 2 is 1.91 bits per heavy atom. The fraction of sp³-hybridized carbons (Fsp3) is 0.613. The number of hydrogen-bond acceptors (Lipinski definition) is 7. The van der Waals surface area contributed by atoms with Crippen molar-refractivity contribution >= 4 is 33.9 Å². The summed E-state index contributed by atoms with van der Waals surface area (Å²) in [6, 6.07) is 3.76. The third kappa shape index (κ3) is 6.53. The average molecular weight is 633 g/mol. The first kappa shape index (κ1) is 32.1. The minimum absolute atomic E-state index is 0.0258. The lowest BCUT2D eigenvalue weighted by Crippen LogP contribution is -2.47. The highest BCUT2D eigenvalue weighted by molar-refractivity contribution is 7.87. The van der Waals surface area contributed by atoms with Crippen LogP contribution in [0.4, 0.5) is 9.18 Å². The molecule has 0 unspecified atom stereocenters. The lowest BCUT2D eigenvalue weighted by Gasteiger charge is -2.28. The zero-order valence-electron chi connectivity index (χ0n) is 25.5. The van der Waals surface area contributed by atoms with E-state index in [2.05, 4.69) is 4.72 Å². The fourth-order valence-electron chi connectivity index (χ4n) is 6.58. The van der Waals surface area contributed by atoms with Gasteiger partial charge in [-0.25, -0.2) is 13.9 Å². The molecule has 1 N–H and O–H groups in total. The zero-order chi connectivity index (χ0) is 31.8. The predicted octanol–water partition coefficient (Wildman–Crippen LogP) is 3.29. The summed E-state index contributed by atoms with van der Waals surface area (Å²) in [5, 5.41) is 0. The maximum absolute atomic E-state index is 14.3. The fourth-order valence-corrected chi connectivity index (χ4v) is 7.20. The van der Waals surface area contributed by atoms with Gasteiger partial charge in [-0.05, 0) is 43.2 Å². The highest BCUT2D eigenvalue weighted by Crippen LogP contribution is 2.57. The number of allylic oxidation sites excluding steroid dienone is 2. The van der Waals surface area contributed by atoms with Gasteiger partial charge in [0.25, 0.3) is 0 Å². The number of fused-ring (bicyclic) bond motifs is 3. The van der Waals surface area contributed by atoms with E-state index in [1.807, 2.05) is 19.1 Å². The van der Waals surface area contributed by atoms with Crippen molar-refractivity contribution in [3.63, 3.8) is 0 Å². The first-order chi connectivity index (χ1) is 20.8. The highest BCUT2D eigenvalue weighted by atomic mass is 32.2. The summed E-state index contributed by atoms with van der Waals surface area (Å²) in [5.74, 6) is -2.39. The van der Waals surface area contributed by atoms with Crippen LogP contribution < -0.4 is 4.72 Å². The topological polar surface area (TPSA) is 133 Å². The number of benzene rings is 1. The lowest BCUT2D eigenvalue weighted by atomic mass is 9.91. The predicted molar refractivity (Wildman–Crippen MR) is 158 cm³/mol. The first-order valence-corrected chi connectivity index (χ1v) is 16.7. The molecule has 44 heavy (non-hydrogen) atoms. The van der Waals surface area contributed by atoms with E-state index in [0.29, 0.717) is 24.0 Å². The Morgan fingerprint density at radius 1 is 1.14 bits per heavy atom. The number of rotatable bonds is 4. The van der Waals surface area contributed by atoms with Crippen molar-refractivity contribution in [3.05, 3.63) is 47.3 Å². The van der Waals surface area contributed by atoms with Crippen LogP contribution in [0.25, 0.3) is 0 Å². The van der Waals surface area contributed by atoms with E-state index in [9.17, 15) is 32.0 Å². The summed E-state index contributed by atoms with van der Waals surface area (Å²) in [6.07, 6.45) is 6.69. The van der Waals surface area contributed by atoms with Crippen molar-refractivity contribution in [1.29, 1.82) is 0 Å². The summed E-state index contributed by atoms with van der Waals surface area (Å²) >= 11 is 0. The molecule has 1 saturated carbocycles. The standard InChI is InChI=1S/C31H41FN4O7S/c1-20-10-7-5-4-6-8-12-22-15-31(22,29(39)33-44(41,42)34(2)3)16-27(37)26-14-23(18-36(26)28(20)38)43-30(40)35-17-21-11-9-13-25(32)24(21)19-35/h8-9,11-13,20,22-23,26H,4-7,10,14-19H2,1-3H3,(H,33,39)/b12-8-/t20-,22+,23+,26-,31+/m0/s1. The Labute approximate surface area is 257 Å². The Kier molecular flexibility index (Phi) is 9.18. The minimum Gasteiger partial charge on any atom is -0.444 e. The summed E-state index contributed by atoms with van der Waals surface area (Å²) in [4.78, 5) is 57.0. The largest absolute Gasteiger partial charge is 0.444 e. The van der Waals surface area contributed by atoms with E-state index < -0.39 is 39.8 Å². The van der Waals surface area contributed by atoms with Crippen molar-refractivity contribution in [2.75, 3.05) is 20.6 Å². The quantitative estimate of drug-likeness (QED) is 0.504. The van der Waals surface area contributed by atoms with Crippen LogP contribution >= 0.6 is 0 Å². The smallest absolute Gasteiger partial charge is 0.410 e. The van der Waals surface area contributed by atoms with E-state index in [0.717, 1.165) is 30.0 Å². The Balaban J connectivity index is 1.35. The van der Waals surface area contributed by atoms with Crippen LogP contribution in [0, 0.1) is 23.1 Å². The molecule has 4 aliphatic rings. The number of Topliss-reactive ketones (excluding diaryl/α,β-unsaturated/α-hetero) is 1. The van der Waals surface area contributed by atoms with E-state index in [1.165, 1.54) is 30.0 Å². The molecular weight excluding hydrogens is 591 g/mol. The monoisotopic (exact) mass is 632 g/mol. The summed E-state index contributed by atoms with van der Waals surface area (Å²) in [7, 11) is -1.47. The van der Waals surface area contributed by atoms with Gasteiger partial charge in [-0.15, -0.1) is 0 Å². The zero-order valence-corrected chi connectivity index (χ0v) is 26.3. The van der Waals surface area contributed by atoms with Crippen molar-refractivity contribution in [1.82, 2.24) is 18.8 Å². The number of nitrogens with zero attached hydrogens (tertiary/aromatic N) is 3. The van der Waals surface area contributed by atoms with E-state index in [1.54, 1.807) is 12.1 Å². The Hall–Kier alpha value is -3.32. The number of ether oxygens (including phenoxy) is 1. The summed E-state index contributed by atoms with van der Waals surface area (Å²) < 4.78 is 48.0. The number of amides is 3. The lowest BCUT2D eigenvalue weighted by molar-refractivity contribution is -0.141. The number of halogens is 1. The van der Waals surface area contributed by atoms with Crippen LogP contribution in [0.15, 0.2) is 30.4 Å². The molecule has 11 nitrogen and oxygen atoms in total. The first-order valence-electron chi connectivity index (χ1n) is 15.3. The summed E-state index contributed by atoms with van der Waals surface area (Å²) in [5.41, 5.74) is -0.110. The van der Waals surface area contributed by atoms with Crippen LogP contribution in [0.2, 0.25) is 0 Å². The number of nitrogens with one attached hydrogen (secondary N) is 1. The van der Waals surface area contributed by atoms with Gasteiger partial charge in [0.2, 0.25) is 11.8 Å². The van der Waals surface area contributed by atoms with Crippen molar-refractivity contribution in [2.45, 2.75) is 83.5 Å². The molecule has 3 heterocycles. The van der Waals surface area contributed by atoms with Gasteiger partial charge in [0, 0.05) is 45.0 Å². The molecule has 3 amide bonds. The molecule has 1 saturated heterocycles. The molecule has 0 aromatic heterocycles. The maximum Gasteiger partial charge on any atom is 0.410 e. The third-order valence-electron chi connectivity index (χ3n) is 9.45. The maximum atomic E-state index is 14.3. The Morgan fingerprint density at radius 3 is 2.64 bits per heavy atom. The molecule has 0 radical (unpaired) electrons. The van der Waals surface area contributed by atoms with Gasteiger partial charge in [0.1, 0.15) is 11.9 Å². The van der Waals surface area contributed by atoms with Gasteiger partial charge in [-0.2, -0.15) is 12.7 Å². The van der Waals surface area contributed by atoms with Crippen molar-refractivity contribution in [3.8, 4) is 0 Å². The van der Waals surface area contributed by atoms with Crippen molar-refractivity contribution in [2.24, 2.45) is 17.3 Å². The van der Waals surface area contributed by atoms with Gasteiger partial charge in [-0.1, -0.05) is 44.1 Å². The molecule has 1 aliphatic carbocycles. The van der Waals surface area contributed by atoms with Crippen LogP contribution in [0.5, 0.6) is 0 Å². The van der Waals surface area contributed by atoms with Crippen LogP contribution in [0.3, 0.4) is 0 Å². The molecule has 1 aromatic carbocycles. The Bertz CT molecular complexity index is 1460. The molecule has 240 valence electrons. The van der Waals surface area contributed by atoms with Gasteiger partial charge < -0.3 is 9.64 Å². The van der Waals surface area contributed by atoms with Gasteiger partial charge in [-0.3, -0.25) is 19.3 Å².